The van der Waals surface area contributed by atoms with E-state index in [0.717, 1.165) is 39.0 Å². The SMILES string of the molecule is O=C(O)CC1(N2CCC(OCCO)CC2)CNC1. The molecule has 0 bridgehead atoms. The number of likely N-dealkylation sites (tertiary alicyclic amines) is 1. The number of hydrogen-bond donors (Lipinski definition) is 3. The molecule has 0 unspecified atom stereocenters. The number of nitrogens with zero attached hydrogens (tertiary/aromatic N) is 1. The van der Waals surface area contributed by atoms with E-state index in [-0.39, 0.29) is 24.7 Å². The highest BCUT2D eigenvalue weighted by atomic mass is 16.5. The van der Waals surface area contributed by atoms with Crippen LogP contribution in [0.4, 0.5) is 0 Å². The van der Waals surface area contributed by atoms with Crippen molar-refractivity contribution >= 4 is 5.97 Å². The molecule has 18 heavy (non-hydrogen) atoms. The van der Waals surface area contributed by atoms with Crippen molar-refractivity contribution in [2.75, 3.05) is 39.4 Å². The molecule has 0 aromatic rings. The molecule has 2 saturated heterocycles. The maximum atomic E-state index is 10.9. The Morgan fingerprint density at radius 1 is 1.39 bits per heavy atom. The molecule has 2 heterocycles. The van der Waals surface area contributed by atoms with E-state index in [2.05, 4.69) is 10.2 Å². The van der Waals surface area contributed by atoms with Crippen LogP contribution >= 0.6 is 0 Å². The normalized spacial score (nSPS) is 24.7. The molecule has 0 amide bonds. The number of nitrogens with one attached hydrogen (secondary N) is 1. The summed E-state index contributed by atoms with van der Waals surface area (Å²) in [5.74, 6) is -0.727. The molecule has 0 radical (unpaired) electrons. The molecule has 0 aromatic heterocycles. The van der Waals surface area contributed by atoms with E-state index in [1.54, 1.807) is 0 Å². The number of aliphatic hydroxyl groups is 1. The van der Waals surface area contributed by atoms with Crippen LogP contribution in [0.3, 0.4) is 0 Å². The molecule has 0 aromatic carbocycles. The summed E-state index contributed by atoms with van der Waals surface area (Å²) in [5, 5.41) is 20.9. The topological polar surface area (TPSA) is 82.0 Å². The third-order valence-corrected chi connectivity index (χ3v) is 3.95. The summed E-state index contributed by atoms with van der Waals surface area (Å²) in [6.45, 7) is 3.75. The smallest absolute Gasteiger partial charge is 0.305 e. The number of piperidine rings is 1. The molecular formula is C12H22N2O4. The largest absolute Gasteiger partial charge is 0.481 e. The van der Waals surface area contributed by atoms with Gasteiger partial charge in [0.1, 0.15) is 0 Å². The van der Waals surface area contributed by atoms with Crippen molar-refractivity contribution in [1.82, 2.24) is 10.2 Å². The Morgan fingerprint density at radius 3 is 2.50 bits per heavy atom. The predicted molar refractivity (Wildman–Crippen MR) is 65.5 cm³/mol. The Bertz CT molecular complexity index is 286. The van der Waals surface area contributed by atoms with Crippen LogP contribution in [-0.2, 0) is 9.53 Å². The number of carboxylic acid groups (broad SMARTS) is 1. The van der Waals surface area contributed by atoms with Gasteiger partial charge in [0.25, 0.3) is 0 Å². The number of aliphatic carboxylic acids is 1. The minimum Gasteiger partial charge on any atom is -0.481 e. The van der Waals surface area contributed by atoms with E-state index >= 15 is 0 Å². The van der Waals surface area contributed by atoms with Gasteiger partial charge < -0.3 is 20.3 Å². The number of hydrogen-bond acceptors (Lipinski definition) is 5. The first-order chi connectivity index (χ1) is 8.66. The first-order valence-electron chi connectivity index (χ1n) is 6.56. The second-order valence-corrected chi connectivity index (χ2v) is 5.18. The predicted octanol–water partition coefficient (Wildman–Crippen LogP) is -0.724. The Hall–Kier alpha value is -0.690. The number of carboxylic acids is 1. The lowest BCUT2D eigenvalue weighted by Gasteiger charge is -2.52. The third kappa shape index (κ3) is 3.00. The average Bonchev–Trinajstić information content (AvgIpc) is 2.32. The van der Waals surface area contributed by atoms with Crippen molar-refractivity contribution in [3.05, 3.63) is 0 Å². The zero-order valence-corrected chi connectivity index (χ0v) is 10.6. The lowest BCUT2D eigenvalue weighted by Crippen LogP contribution is -2.70. The minimum absolute atomic E-state index is 0.0626. The van der Waals surface area contributed by atoms with Crippen molar-refractivity contribution in [3.63, 3.8) is 0 Å². The van der Waals surface area contributed by atoms with E-state index in [0.29, 0.717) is 6.61 Å². The molecule has 0 saturated carbocycles. The maximum absolute atomic E-state index is 10.9. The van der Waals surface area contributed by atoms with E-state index in [4.69, 9.17) is 14.9 Å². The fraction of sp³-hybridized carbons (Fsp3) is 0.917. The van der Waals surface area contributed by atoms with E-state index in [9.17, 15) is 4.79 Å². The van der Waals surface area contributed by atoms with E-state index in [1.165, 1.54) is 0 Å². The quantitative estimate of drug-likeness (QED) is 0.583. The molecule has 2 fully saturated rings. The van der Waals surface area contributed by atoms with Crippen molar-refractivity contribution in [1.29, 1.82) is 0 Å². The van der Waals surface area contributed by atoms with Crippen LogP contribution in [0, 0.1) is 0 Å². The summed E-state index contributed by atoms with van der Waals surface area (Å²) in [7, 11) is 0. The van der Waals surface area contributed by atoms with Gasteiger partial charge in [0.2, 0.25) is 0 Å². The van der Waals surface area contributed by atoms with Crippen molar-refractivity contribution in [2.45, 2.75) is 30.9 Å². The Morgan fingerprint density at radius 2 is 2.06 bits per heavy atom. The summed E-state index contributed by atoms with van der Waals surface area (Å²) in [4.78, 5) is 13.2. The third-order valence-electron chi connectivity index (χ3n) is 3.95. The van der Waals surface area contributed by atoms with Crippen LogP contribution in [0.5, 0.6) is 0 Å². The minimum atomic E-state index is -0.727. The first kappa shape index (κ1) is 13.7. The second kappa shape index (κ2) is 5.97. The Kier molecular flexibility index (Phi) is 4.55. The highest BCUT2D eigenvalue weighted by Crippen LogP contribution is 2.28. The van der Waals surface area contributed by atoms with Gasteiger partial charge in [-0.3, -0.25) is 9.69 Å². The first-order valence-corrected chi connectivity index (χ1v) is 6.56. The molecule has 3 N–H and O–H groups in total. The fourth-order valence-corrected chi connectivity index (χ4v) is 2.87. The number of rotatable bonds is 6. The van der Waals surface area contributed by atoms with Crippen LogP contribution in [0.1, 0.15) is 19.3 Å². The highest BCUT2D eigenvalue weighted by molar-refractivity contribution is 5.68. The van der Waals surface area contributed by atoms with Gasteiger partial charge in [-0.15, -0.1) is 0 Å². The fourth-order valence-electron chi connectivity index (χ4n) is 2.87. The monoisotopic (exact) mass is 258 g/mol. The van der Waals surface area contributed by atoms with Crippen molar-refractivity contribution in [2.24, 2.45) is 0 Å². The zero-order valence-electron chi connectivity index (χ0n) is 10.6. The summed E-state index contributed by atoms with van der Waals surface area (Å²) in [5.41, 5.74) is -0.187. The summed E-state index contributed by atoms with van der Waals surface area (Å²) in [6.07, 6.45) is 2.26. The van der Waals surface area contributed by atoms with Crippen LogP contribution in [0.25, 0.3) is 0 Å². The van der Waals surface area contributed by atoms with Crippen LogP contribution in [0.15, 0.2) is 0 Å². The summed E-state index contributed by atoms with van der Waals surface area (Å²) in [6, 6.07) is 0. The average molecular weight is 258 g/mol. The molecule has 2 aliphatic heterocycles. The number of aliphatic hydroxyl groups excluding tert-OH is 1. The Balaban J connectivity index is 1.82. The standard InChI is InChI=1S/C12H22N2O4/c15-5-6-18-10-1-3-14(4-2-10)12(7-11(16)17)8-13-9-12/h10,13,15H,1-9H2,(H,16,17). The van der Waals surface area contributed by atoms with E-state index < -0.39 is 5.97 Å². The van der Waals surface area contributed by atoms with Gasteiger partial charge in [-0.25, -0.2) is 0 Å². The van der Waals surface area contributed by atoms with Gasteiger partial charge in [0, 0.05) is 26.2 Å². The van der Waals surface area contributed by atoms with Crippen molar-refractivity contribution in [3.8, 4) is 0 Å². The zero-order chi connectivity index (χ0) is 13.0. The van der Waals surface area contributed by atoms with Gasteiger partial charge in [-0.05, 0) is 12.8 Å². The lowest BCUT2D eigenvalue weighted by molar-refractivity contribution is -0.142. The van der Waals surface area contributed by atoms with Gasteiger partial charge in [0.05, 0.1) is 31.3 Å². The van der Waals surface area contributed by atoms with Crippen LogP contribution in [-0.4, -0.2) is 72.1 Å². The number of carbonyl (C=O) groups is 1. The molecule has 0 aliphatic carbocycles. The second-order valence-electron chi connectivity index (χ2n) is 5.18. The van der Waals surface area contributed by atoms with Gasteiger partial charge in [-0.1, -0.05) is 0 Å². The molecule has 0 spiro atoms. The molecule has 6 heteroatoms. The molecule has 2 aliphatic rings. The Labute approximate surface area is 107 Å². The molecule has 2 rings (SSSR count). The van der Waals surface area contributed by atoms with Crippen LogP contribution in [0.2, 0.25) is 0 Å². The number of ether oxygens (including phenoxy) is 1. The summed E-state index contributed by atoms with van der Waals surface area (Å²) < 4.78 is 5.52. The molecular weight excluding hydrogens is 236 g/mol. The highest BCUT2D eigenvalue weighted by Gasteiger charge is 2.45. The lowest BCUT2D eigenvalue weighted by atomic mass is 9.84. The van der Waals surface area contributed by atoms with Gasteiger partial charge in [0.15, 0.2) is 0 Å². The summed E-state index contributed by atoms with van der Waals surface area (Å²) >= 11 is 0. The molecule has 6 nitrogen and oxygen atoms in total. The van der Waals surface area contributed by atoms with Gasteiger partial charge in [-0.2, -0.15) is 0 Å². The van der Waals surface area contributed by atoms with Crippen molar-refractivity contribution < 1.29 is 19.7 Å². The maximum Gasteiger partial charge on any atom is 0.305 e. The molecule has 104 valence electrons. The molecule has 0 atom stereocenters. The van der Waals surface area contributed by atoms with Crippen LogP contribution < -0.4 is 5.32 Å². The van der Waals surface area contributed by atoms with E-state index in [1.807, 2.05) is 0 Å². The van der Waals surface area contributed by atoms with Gasteiger partial charge >= 0.3 is 5.97 Å².